The highest BCUT2D eigenvalue weighted by atomic mass is 35.5. The van der Waals surface area contributed by atoms with Gasteiger partial charge in [-0.2, -0.15) is 13.2 Å². The van der Waals surface area contributed by atoms with Gasteiger partial charge in [0.05, 0.1) is 23.6 Å². The van der Waals surface area contributed by atoms with Crippen LogP contribution in [0.15, 0.2) is 18.2 Å². The molecular formula is C12H13ClF3NO2. The number of rotatable bonds is 4. The second-order valence-electron chi connectivity index (χ2n) is 3.85. The Bertz CT molecular complexity index is 463. The molecule has 0 spiro atoms. The second kappa shape index (κ2) is 6.25. The summed E-state index contributed by atoms with van der Waals surface area (Å²) in [5.74, 6) is -0.557. The fourth-order valence-corrected chi connectivity index (χ4v) is 1.73. The Balaban J connectivity index is 2.93. The Hall–Kier alpha value is -1.27. The van der Waals surface area contributed by atoms with Gasteiger partial charge in [0.15, 0.2) is 0 Å². The molecule has 0 bridgehead atoms. The van der Waals surface area contributed by atoms with E-state index >= 15 is 0 Å². The molecule has 106 valence electrons. The van der Waals surface area contributed by atoms with Gasteiger partial charge >= 0.3 is 12.1 Å². The zero-order chi connectivity index (χ0) is 14.6. The molecule has 0 amide bonds. The van der Waals surface area contributed by atoms with Crippen molar-refractivity contribution in [2.24, 2.45) is 5.73 Å². The Labute approximate surface area is 113 Å². The molecule has 1 aromatic rings. The molecule has 0 unspecified atom stereocenters. The molecule has 1 aromatic carbocycles. The van der Waals surface area contributed by atoms with E-state index < -0.39 is 28.8 Å². The molecule has 0 aliphatic rings. The molecule has 1 rings (SSSR count). The number of hydrogen-bond donors (Lipinski definition) is 1. The summed E-state index contributed by atoms with van der Waals surface area (Å²) in [4.78, 5) is 11.2. The van der Waals surface area contributed by atoms with Crippen LogP contribution in [-0.4, -0.2) is 12.6 Å². The van der Waals surface area contributed by atoms with Crippen molar-refractivity contribution in [3.63, 3.8) is 0 Å². The number of carbonyl (C=O) groups excluding carboxylic acids is 1. The Morgan fingerprint density at radius 2 is 2.11 bits per heavy atom. The fraction of sp³-hybridized carbons (Fsp3) is 0.417. The number of hydrogen-bond acceptors (Lipinski definition) is 3. The molecule has 19 heavy (non-hydrogen) atoms. The monoisotopic (exact) mass is 295 g/mol. The number of carbonyl (C=O) groups is 1. The largest absolute Gasteiger partial charge is 0.466 e. The van der Waals surface area contributed by atoms with Crippen LogP contribution in [0.5, 0.6) is 0 Å². The molecule has 0 radical (unpaired) electrons. The summed E-state index contributed by atoms with van der Waals surface area (Å²) in [6, 6.07) is 2.47. The molecule has 7 heteroatoms. The third kappa shape index (κ3) is 4.40. The van der Waals surface area contributed by atoms with Crippen molar-refractivity contribution >= 4 is 17.6 Å². The van der Waals surface area contributed by atoms with Gasteiger partial charge in [-0.3, -0.25) is 4.79 Å². The molecule has 0 saturated heterocycles. The van der Waals surface area contributed by atoms with Crippen LogP contribution < -0.4 is 5.73 Å². The number of alkyl halides is 3. The molecule has 1 atom stereocenters. The highest BCUT2D eigenvalue weighted by Crippen LogP contribution is 2.36. The lowest BCUT2D eigenvalue weighted by atomic mass is 10.0. The van der Waals surface area contributed by atoms with Gasteiger partial charge in [-0.1, -0.05) is 17.7 Å². The van der Waals surface area contributed by atoms with E-state index in [1.165, 1.54) is 6.07 Å². The lowest BCUT2D eigenvalue weighted by Crippen LogP contribution is -2.18. The topological polar surface area (TPSA) is 52.3 Å². The van der Waals surface area contributed by atoms with Crippen molar-refractivity contribution < 1.29 is 22.7 Å². The standard InChI is InChI=1S/C12H13ClF3NO2/c1-2-19-11(18)6-10(17)7-3-4-9(13)8(5-7)12(14,15)16/h3-5,10H,2,6,17H2,1H3/t10-/m0/s1. The van der Waals surface area contributed by atoms with E-state index in [0.717, 1.165) is 12.1 Å². The molecule has 0 fully saturated rings. The van der Waals surface area contributed by atoms with E-state index in [4.69, 9.17) is 17.3 Å². The molecule has 0 heterocycles. The number of esters is 1. The van der Waals surface area contributed by atoms with Gasteiger partial charge in [0.25, 0.3) is 0 Å². The number of halogens is 4. The van der Waals surface area contributed by atoms with Gasteiger partial charge in [0.2, 0.25) is 0 Å². The first-order chi connectivity index (χ1) is 8.75. The van der Waals surface area contributed by atoms with Gasteiger partial charge < -0.3 is 10.5 Å². The summed E-state index contributed by atoms with van der Waals surface area (Å²) < 4.78 is 42.7. The third-order valence-electron chi connectivity index (χ3n) is 2.42. The minimum atomic E-state index is -4.56. The maximum absolute atomic E-state index is 12.7. The molecular weight excluding hydrogens is 283 g/mol. The van der Waals surface area contributed by atoms with Gasteiger partial charge in [0.1, 0.15) is 0 Å². The van der Waals surface area contributed by atoms with Crippen LogP contribution in [0.4, 0.5) is 13.2 Å². The van der Waals surface area contributed by atoms with Crippen LogP contribution in [0, 0.1) is 0 Å². The molecule has 0 saturated carbocycles. The first-order valence-electron chi connectivity index (χ1n) is 5.53. The summed E-state index contributed by atoms with van der Waals surface area (Å²) in [5.41, 5.74) is 4.90. The predicted molar refractivity (Wildman–Crippen MR) is 64.6 cm³/mol. The fourth-order valence-electron chi connectivity index (χ4n) is 1.51. The minimum Gasteiger partial charge on any atom is -0.466 e. The summed E-state index contributed by atoms with van der Waals surface area (Å²) in [6.45, 7) is 1.83. The molecule has 0 aromatic heterocycles. The van der Waals surface area contributed by atoms with Crippen molar-refractivity contribution in [3.8, 4) is 0 Å². The van der Waals surface area contributed by atoms with Crippen molar-refractivity contribution in [1.82, 2.24) is 0 Å². The normalized spacial score (nSPS) is 13.2. The maximum Gasteiger partial charge on any atom is 0.417 e. The first-order valence-corrected chi connectivity index (χ1v) is 5.91. The van der Waals surface area contributed by atoms with Crippen LogP contribution in [0.3, 0.4) is 0 Å². The molecule has 3 nitrogen and oxygen atoms in total. The predicted octanol–water partition coefficient (Wildman–Crippen LogP) is 3.31. The van der Waals surface area contributed by atoms with Crippen molar-refractivity contribution in [2.45, 2.75) is 25.6 Å². The van der Waals surface area contributed by atoms with Crippen LogP contribution in [0.2, 0.25) is 5.02 Å². The lowest BCUT2D eigenvalue weighted by Gasteiger charge is -2.15. The van der Waals surface area contributed by atoms with Gasteiger partial charge in [0, 0.05) is 6.04 Å². The maximum atomic E-state index is 12.7. The SMILES string of the molecule is CCOC(=O)C[C@H](N)c1ccc(Cl)c(C(F)(F)F)c1. The van der Waals surface area contributed by atoms with E-state index in [2.05, 4.69) is 4.74 Å². The Morgan fingerprint density at radius 1 is 1.47 bits per heavy atom. The van der Waals surface area contributed by atoms with Crippen LogP contribution in [0.1, 0.15) is 30.5 Å². The van der Waals surface area contributed by atoms with Crippen molar-refractivity contribution in [1.29, 1.82) is 0 Å². The van der Waals surface area contributed by atoms with Gasteiger partial charge in [-0.15, -0.1) is 0 Å². The zero-order valence-electron chi connectivity index (χ0n) is 10.1. The highest BCUT2D eigenvalue weighted by molar-refractivity contribution is 6.31. The number of ether oxygens (including phenoxy) is 1. The summed E-state index contributed by atoms with van der Waals surface area (Å²) in [5, 5.41) is -0.403. The van der Waals surface area contributed by atoms with E-state index in [-0.39, 0.29) is 18.6 Å². The molecule has 0 aliphatic carbocycles. The van der Waals surface area contributed by atoms with Crippen LogP contribution >= 0.6 is 11.6 Å². The second-order valence-corrected chi connectivity index (χ2v) is 4.26. The van der Waals surface area contributed by atoms with Crippen molar-refractivity contribution in [3.05, 3.63) is 34.3 Å². The van der Waals surface area contributed by atoms with Crippen LogP contribution in [-0.2, 0) is 15.7 Å². The lowest BCUT2D eigenvalue weighted by molar-refractivity contribution is -0.143. The third-order valence-corrected chi connectivity index (χ3v) is 2.75. The van der Waals surface area contributed by atoms with Crippen LogP contribution in [0.25, 0.3) is 0 Å². The van der Waals surface area contributed by atoms with E-state index in [9.17, 15) is 18.0 Å². The average Bonchev–Trinajstić information content (AvgIpc) is 2.27. The van der Waals surface area contributed by atoms with E-state index in [0.29, 0.717) is 0 Å². The van der Waals surface area contributed by atoms with Gasteiger partial charge in [-0.05, 0) is 24.6 Å². The smallest absolute Gasteiger partial charge is 0.417 e. The quantitative estimate of drug-likeness (QED) is 0.867. The summed E-state index contributed by atoms with van der Waals surface area (Å²) >= 11 is 5.49. The number of benzene rings is 1. The Kier molecular flexibility index (Phi) is 5.20. The van der Waals surface area contributed by atoms with Gasteiger partial charge in [-0.25, -0.2) is 0 Å². The number of nitrogens with two attached hydrogens (primary N) is 1. The summed E-state index contributed by atoms with van der Waals surface area (Å²) in [7, 11) is 0. The van der Waals surface area contributed by atoms with E-state index in [1.807, 2.05) is 0 Å². The molecule has 0 aliphatic heterocycles. The minimum absolute atomic E-state index is 0.185. The summed E-state index contributed by atoms with van der Waals surface area (Å²) in [6.07, 6.45) is -4.75. The van der Waals surface area contributed by atoms with Crippen molar-refractivity contribution in [2.75, 3.05) is 6.61 Å². The molecule has 2 N–H and O–H groups in total. The average molecular weight is 296 g/mol. The Morgan fingerprint density at radius 3 is 2.63 bits per heavy atom. The highest BCUT2D eigenvalue weighted by Gasteiger charge is 2.33. The van der Waals surface area contributed by atoms with E-state index in [1.54, 1.807) is 6.92 Å². The first kappa shape index (κ1) is 15.8. The zero-order valence-corrected chi connectivity index (χ0v) is 10.9.